The van der Waals surface area contributed by atoms with E-state index < -0.39 is 5.91 Å². The number of amides is 1. The van der Waals surface area contributed by atoms with Crippen molar-refractivity contribution in [2.45, 2.75) is 13.5 Å². The minimum absolute atomic E-state index is 0.159. The highest BCUT2D eigenvalue weighted by molar-refractivity contribution is 6.29. The Morgan fingerprint density at radius 3 is 2.94 bits per heavy atom. The second-order valence-corrected chi connectivity index (χ2v) is 3.86. The molecule has 0 bridgehead atoms. The van der Waals surface area contributed by atoms with Gasteiger partial charge in [-0.15, -0.1) is 0 Å². The summed E-state index contributed by atoms with van der Waals surface area (Å²) in [5, 5.41) is 6.84. The molecule has 0 saturated carbocycles. The predicted octanol–water partition coefficient (Wildman–Crippen LogP) is 1.18. The maximum absolute atomic E-state index is 11.9. The smallest absolute Gasteiger partial charge is 0.279 e. The first-order valence-corrected chi connectivity index (χ1v) is 5.59. The molecule has 94 valence electrons. The number of aryl methyl sites for hydroxylation is 1. The van der Waals surface area contributed by atoms with Crippen LogP contribution in [0.1, 0.15) is 17.4 Å². The Balaban J connectivity index is 2.19. The quantitative estimate of drug-likeness (QED) is 0.813. The van der Waals surface area contributed by atoms with Gasteiger partial charge in [-0.1, -0.05) is 11.6 Å². The SMILES string of the molecule is CCn1cc(N)c(C(=O)Nc2cc(Cl)ncn2)n1. The average Bonchev–Trinajstić information content (AvgIpc) is 2.70. The molecular weight excluding hydrogens is 256 g/mol. The van der Waals surface area contributed by atoms with Gasteiger partial charge in [0, 0.05) is 18.8 Å². The van der Waals surface area contributed by atoms with Crippen LogP contribution in [0.2, 0.25) is 5.15 Å². The zero-order valence-corrected chi connectivity index (χ0v) is 10.3. The van der Waals surface area contributed by atoms with E-state index in [1.807, 2.05) is 6.92 Å². The summed E-state index contributed by atoms with van der Waals surface area (Å²) in [7, 11) is 0. The summed E-state index contributed by atoms with van der Waals surface area (Å²) in [5.41, 5.74) is 6.17. The van der Waals surface area contributed by atoms with Crippen LogP contribution in [0.3, 0.4) is 0 Å². The Kier molecular flexibility index (Phi) is 3.42. The molecule has 3 N–H and O–H groups in total. The summed E-state index contributed by atoms with van der Waals surface area (Å²) in [5.74, 6) is -0.139. The van der Waals surface area contributed by atoms with Crippen LogP contribution in [-0.2, 0) is 6.54 Å². The van der Waals surface area contributed by atoms with Gasteiger partial charge in [-0.05, 0) is 6.92 Å². The van der Waals surface area contributed by atoms with Crippen LogP contribution in [0, 0.1) is 0 Å². The van der Waals surface area contributed by atoms with E-state index in [0.29, 0.717) is 18.1 Å². The maximum atomic E-state index is 11.9. The van der Waals surface area contributed by atoms with Gasteiger partial charge in [-0.3, -0.25) is 9.48 Å². The highest BCUT2D eigenvalue weighted by Crippen LogP contribution is 2.13. The fraction of sp³-hybridized carbons (Fsp3) is 0.200. The number of hydrogen-bond acceptors (Lipinski definition) is 5. The number of rotatable bonds is 3. The monoisotopic (exact) mass is 266 g/mol. The third-order valence-electron chi connectivity index (χ3n) is 2.20. The molecule has 2 rings (SSSR count). The zero-order valence-electron chi connectivity index (χ0n) is 9.59. The maximum Gasteiger partial charge on any atom is 0.279 e. The lowest BCUT2D eigenvalue weighted by molar-refractivity contribution is 0.102. The lowest BCUT2D eigenvalue weighted by atomic mass is 10.3. The minimum Gasteiger partial charge on any atom is -0.396 e. The van der Waals surface area contributed by atoms with Gasteiger partial charge >= 0.3 is 0 Å². The van der Waals surface area contributed by atoms with E-state index in [1.54, 1.807) is 10.9 Å². The van der Waals surface area contributed by atoms with E-state index in [-0.39, 0.29) is 10.8 Å². The molecule has 0 aliphatic heterocycles. The standard InChI is InChI=1S/C10H11ClN6O/c1-2-17-4-6(12)9(16-17)10(18)15-8-3-7(11)13-5-14-8/h3-5H,2,12H2,1H3,(H,13,14,15,18). The first kappa shape index (κ1) is 12.3. The van der Waals surface area contributed by atoms with Gasteiger partial charge in [0.1, 0.15) is 17.3 Å². The van der Waals surface area contributed by atoms with Gasteiger partial charge in [0.25, 0.3) is 5.91 Å². The number of nitrogens with zero attached hydrogens (tertiary/aromatic N) is 4. The average molecular weight is 267 g/mol. The molecule has 2 aromatic heterocycles. The summed E-state index contributed by atoms with van der Waals surface area (Å²) in [6, 6.07) is 1.44. The summed E-state index contributed by atoms with van der Waals surface area (Å²) in [6.07, 6.45) is 2.85. The van der Waals surface area contributed by atoms with Crippen LogP contribution in [0.25, 0.3) is 0 Å². The van der Waals surface area contributed by atoms with Crippen LogP contribution in [0.4, 0.5) is 11.5 Å². The van der Waals surface area contributed by atoms with Gasteiger partial charge in [0.2, 0.25) is 0 Å². The molecule has 8 heteroatoms. The Morgan fingerprint density at radius 2 is 2.33 bits per heavy atom. The molecule has 0 saturated heterocycles. The van der Waals surface area contributed by atoms with Gasteiger partial charge in [0.15, 0.2) is 5.69 Å². The van der Waals surface area contributed by atoms with Crippen molar-refractivity contribution in [2.75, 3.05) is 11.1 Å². The van der Waals surface area contributed by atoms with Gasteiger partial charge in [-0.25, -0.2) is 9.97 Å². The Bertz CT molecular complexity index is 581. The van der Waals surface area contributed by atoms with E-state index in [4.69, 9.17) is 17.3 Å². The van der Waals surface area contributed by atoms with E-state index in [1.165, 1.54) is 12.4 Å². The number of anilines is 2. The molecule has 18 heavy (non-hydrogen) atoms. The number of hydrogen-bond donors (Lipinski definition) is 2. The topological polar surface area (TPSA) is 98.7 Å². The van der Waals surface area contributed by atoms with Crippen molar-refractivity contribution in [3.05, 3.63) is 29.4 Å². The van der Waals surface area contributed by atoms with Crippen LogP contribution < -0.4 is 11.1 Å². The lowest BCUT2D eigenvalue weighted by Crippen LogP contribution is -2.15. The number of carbonyl (C=O) groups excluding carboxylic acids is 1. The fourth-order valence-corrected chi connectivity index (χ4v) is 1.50. The predicted molar refractivity (Wildman–Crippen MR) is 67.3 cm³/mol. The van der Waals surface area contributed by atoms with Crippen molar-refractivity contribution in [3.8, 4) is 0 Å². The van der Waals surface area contributed by atoms with Gasteiger partial charge < -0.3 is 11.1 Å². The van der Waals surface area contributed by atoms with Crippen LogP contribution in [0.15, 0.2) is 18.6 Å². The van der Waals surface area contributed by atoms with Crippen LogP contribution >= 0.6 is 11.6 Å². The second kappa shape index (κ2) is 5.01. The van der Waals surface area contributed by atoms with Crippen LogP contribution in [-0.4, -0.2) is 25.7 Å². The van der Waals surface area contributed by atoms with Crippen molar-refractivity contribution in [3.63, 3.8) is 0 Å². The molecule has 0 radical (unpaired) electrons. The number of aromatic nitrogens is 4. The van der Waals surface area contributed by atoms with Crippen LogP contribution in [0.5, 0.6) is 0 Å². The fourth-order valence-electron chi connectivity index (χ4n) is 1.35. The number of nitrogen functional groups attached to an aromatic ring is 1. The molecular formula is C10H11ClN6O. The van der Waals surface area contributed by atoms with Crippen molar-refractivity contribution in [1.82, 2.24) is 19.7 Å². The largest absolute Gasteiger partial charge is 0.396 e. The number of nitrogens with one attached hydrogen (secondary N) is 1. The van der Waals surface area contributed by atoms with Crippen molar-refractivity contribution < 1.29 is 4.79 Å². The van der Waals surface area contributed by atoms with E-state index in [0.717, 1.165) is 0 Å². The molecule has 2 heterocycles. The molecule has 0 atom stereocenters. The highest BCUT2D eigenvalue weighted by Gasteiger charge is 2.15. The summed E-state index contributed by atoms with van der Waals surface area (Å²) < 4.78 is 1.58. The molecule has 7 nitrogen and oxygen atoms in total. The second-order valence-electron chi connectivity index (χ2n) is 3.47. The molecule has 0 aliphatic rings. The lowest BCUT2D eigenvalue weighted by Gasteiger charge is -2.02. The first-order valence-electron chi connectivity index (χ1n) is 5.22. The Labute approximate surface area is 108 Å². The van der Waals surface area contributed by atoms with Crippen molar-refractivity contribution in [2.24, 2.45) is 0 Å². The van der Waals surface area contributed by atoms with Gasteiger partial charge in [0.05, 0.1) is 5.69 Å². The summed E-state index contributed by atoms with van der Waals surface area (Å²) >= 11 is 5.69. The molecule has 0 aliphatic carbocycles. The number of nitrogens with two attached hydrogens (primary N) is 1. The summed E-state index contributed by atoms with van der Waals surface area (Å²) in [4.78, 5) is 19.5. The third-order valence-corrected chi connectivity index (χ3v) is 2.41. The molecule has 0 fully saturated rings. The van der Waals surface area contributed by atoms with E-state index >= 15 is 0 Å². The molecule has 2 aromatic rings. The molecule has 0 aromatic carbocycles. The minimum atomic E-state index is -0.436. The van der Waals surface area contributed by atoms with Crippen molar-refractivity contribution in [1.29, 1.82) is 0 Å². The molecule has 1 amide bonds. The highest BCUT2D eigenvalue weighted by atomic mass is 35.5. The zero-order chi connectivity index (χ0) is 13.1. The van der Waals surface area contributed by atoms with E-state index in [2.05, 4.69) is 20.4 Å². The molecule has 0 unspecified atom stereocenters. The molecule has 0 spiro atoms. The van der Waals surface area contributed by atoms with Crippen molar-refractivity contribution >= 4 is 29.0 Å². The number of halogens is 1. The van der Waals surface area contributed by atoms with E-state index in [9.17, 15) is 4.79 Å². The third kappa shape index (κ3) is 2.57. The first-order chi connectivity index (χ1) is 8.60. The Hall–Kier alpha value is -2.15. The van der Waals surface area contributed by atoms with Gasteiger partial charge in [-0.2, -0.15) is 5.10 Å². The summed E-state index contributed by atoms with van der Waals surface area (Å²) in [6.45, 7) is 2.54. The normalized spacial score (nSPS) is 10.3. The Morgan fingerprint density at radius 1 is 1.56 bits per heavy atom. The number of carbonyl (C=O) groups is 1.